The molecule has 0 aromatic carbocycles. The zero-order valence-corrected chi connectivity index (χ0v) is 8.39. The first kappa shape index (κ1) is 9.91. The molecule has 1 aromatic rings. The summed E-state index contributed by atoms with van der Waals surface area (Å²) in [7, 11) is 0. The lowest BCUT2D eigenvalue weighted by Crippen LogP contribution is -2.36. The number of aromatic amines is 1. The van der Waals surface area contributed by atoms with Crippen molar-refractivity contribution in [3.8, 4) is 0 Å². The fourth-order valence-electron chi connectivity index (χ4n) is 0.887. The molecule has 0 radical (unpaired) electrons. The number of nitrogens with one attached hydrogen (secondary N) is 1. The topological polar surface area (TPSA) is 76.7 Å². The van der Waals surface area contributed by atoms with E-state index in [0.717, 1.165) is 0 Å². The molecule has 0 unspecified atom stereocenters. The summed E-state index contributed by atoms with van der Waals surface area (Å²) in [5, 5.41) is 5.91. The van der Waals surface area contributed by atoms with Crippen LogP contribution in [-0.2, 0) is 6.54 Å². The van der Waals surface area contributed by atoms with Crippen molar-refractivity contribution in [1.82, 2.24) is 14.8 Å². The summed E-state index contributed by atoms with van der Waals surface area (Å²) in [6, 6.07) is 0. The number of aromatic nitrogens is 3. The molecular formula is C7H12N4OS. The van der Waals surface area contributed by atoms with Crippen LogP contribution in [0.3, 0.4) is 0 Å². The Morgan fingerprint density at radius 2 is 2.46 bits per heavy atom. The fourth-order valence-corrected chi connectivity index (χ4v) is 0.951. The molecule has 5 nitrogen and oxygen atoms in total. The Balaban J connectivity index is 2.87. The summed E-state index contributed by atoms with van der Waals surface area (Å²) in [5.41, 5.74) is 4.90. The van der Waals surface area contributed by atoms with E-state index in [1.54, 1.807) is 0 Å². The molecule has 1 rings (SSSR count). The van der Waals surface area contributed by atoms with Crippen LogP contribution < -0.4 is 11.4 Å². The van der Waals surface area contributed by atoms with Crippen molar-refractivity contribution in [3.63, 3.8) is 0 Å². The monoisotopic (exact) mass is 200 g/mol. The maximum absolute atomic E-state index is 11.1. The molecule has 1 aromatic heterocycles. The molecule has 0 aliphatic rings. The molecule has 0 atom stereocenters. The van der Waals surface area contributed by atoms with Crippen molar-refractivity contribution < 1.29 is 0 Å². The molecule has 13 heavy (non-hydrogen) atoms. The lowest BCUT2D eigenvalue weighted by molar-refractivity contribution is 0.424. The van der Waals surface area contributed by atoms with Gasteiger partial charge in [-0.2, -0.15) is 5.10 Å². The number of thiocarbonyl (C=S) groups is 1. The zero-order valence-electron chi connectivity index (χ0n) is 7.57. The maximum atomic E-state index is 11.1. The van der Waals surface area contributed by atoms with Crippen molar-refractivity contribution in [2.45, 2.75) is 20.4 Å². The zero-order chi connectivity index (χ0) is 10.1. The summed E-state index contributed by atoms with van der Waals surface area (Å²) < 4.78 is 1.44. The van der Waals surface area contributed by atoms with E-state index in [1.807, 2.05) is 13.8 Å². The van der Waals surface area contributed by atoms with Gasteiger partial charge in [-0.1, -0.05) is 26.1 Å². The molecule has 0 saturated carbocycles. The van der Waals surface area contributed by atoms with Crippen LogP contribution in [0, 0.1) is 5.41 Å². The Labute approximate surface area is 80.9 Å². The third-order valence-corrected chi connectivity index (χ3v) is 2.40. The van der Waals surface area contributed by atoms with E-state index in [0.29, 0.717) is 11.5 Å². The SMILES string of the molecule is CC(C)(Cn1cn[nH]c1=O)C(N)=S. The van der Waals surface area contributed by atoms with Gasteiger partial charge in [0, 0.05) is 12.0 Å². The third kappa shape index (κ3) is 2.15. The maximum Gasteiger partial charge on any atom is 0.343 e. The molecular weight excluding hydrogens is 188 g/mol. The van der Waals surface area contributed by atoms with Crippen LogP contribution in [0.1, 0.15) is 13.8 Å². The second-order valence-corrected chi connectivity index (χ2v) is 3.98. The lowest BCUT2D eigenvalue weighted by Gasteiger charge is -2.22. The van der Waals surface area contributed by atoms with Gasteiger partial charge in [-0.05, 0) is 0 Å². The average Bonchev–Trinajstić information content (AvgIpc) is 2.35. The van der Waals surface area contributed by atoms with Gasteiger partial charge in [0.25, 0.3) is 0 Å². The first-order chi connectivity index (χ1) is 5.93. The first-order valence-corrected chi connectivity index (χ1v) is 4.24. The second kappa shape index (κ2) is 3.29. The van der Waals surface area contributed by atoms with Crippen LogP contribution >= 0.6 is 12.2 Å². The van der Waals surface area contributed by atoms with Crippen molar-refractivity contribution in [2.75, 3.05) is 0 Å². The van der Waals surface area contributed by atoms with E-state index in [1.165, 1.54) is 10.9 Å². The summed E-state index contributed by atoms with van der Waals surface area (Å²) in [5.74, 6) is 0. The lowest BCUT2D eigenvalue weighted by atomic mass is 9.94. The van der Waals surface area contributed by atoms with E-state index >= 15 is 0 Å². The highest BCUT2D eigenvalue weighted by Crippen LogP contribution is 2.16. The van der Waals surface area contributed by atoms with Crippen LogP contribution in [-0.4, -0.2) is 19.8 Å². The van der Waals surface area contributed by atoms with E-state index in [9.17, 15) is 4.79 Å². The van der Waals surface area contributed by atoms with E-state index in [-0.39, 0.29) is 11.1 Å². The Bertz CT molecular complexity index is 365. The van der Waals surface area contributed by atoms with Crippen molar-refractivity contribution >= 4 is 17.2 Å². The van der Waals surface area contributed by atoms with Gasteiger partial charge in [-0.25, -0.2) is 9.89 Å². The highest BCUT2D eigenvalue weighted by atomic mass is 32.1. The minimum atomic E-state index is -0.372. The molecule has 0 spiro atoms. The Morgan fingerprint density at radius 3 is 2.85 bits per heavy atom. The summed E-state index contributed by atoms with van der Waals surface area (Å²) in [6.45, 7) is 4.21. The summed E-state index contributed by atoms with van der Waals surface area (Å²) >= 11 is 4.88. The van der Waals surface area contributed by atoms with Crippen molar-refractivity contribution in [2.24, 2.45) is 11.1 Å². The highest BCUT2D eigenvalue weighted by molar-refractivity contribution is 7.80. The molecule has 0 aliphatic carbocycles. The van der Waals surface area contributed by atoms with Gasteiger partial charge in [-0.3, -0.25) is 4.57 Å². The number of hydrogen-bond donors (Lipinski definition) is 2. The van der Waals surface area contributed by atoms with E-state index in [4.69, 9.17) is 18.0 Å². The minimum absolute atomic E-state index is 0.246. The van der Waals surface area contributed by atoms with E-state index in [2.05, 4.69) is 10.2 Å². The number of H-pyrrole nitrogens is 1. The average molecular weight is 200 g/mol. The quantitative estimate of drug-likeness (QED) is 0.667. The van der Waals surface area contributed by atoms with Gasteiger partial charge < -0.3 is 5.73 Å². The summed E-state index contributed by atoms with van der Waals surface area (Å²) in [4.78, 5) is 11.5. The van der Waals surface area contributed by atoms with Gasteiger partial charge in [0.05, 0.1) is 4.99 Å². The second-order valence-electron chi connectivity index (χ2n) is 3.54. The number of rotatable bonds is 3. The van der Waals surface area contributed by atoms with Crippen LogP contribution in [0.2, 0.25) is 0 Å². The van der Waals surface area contributed by atoms with Crippen molar-refractivity contribution in [1.29, 1.82) is 0 Å². The molecule has 0 aliphatic heterocycles. The molecule has 1 heterocycles. The van der Waals surface area contributed by atoms with E-state index < -0.39 is 0 Å². The van der Waals surface area contributed by atoms with Crippen molar-refractivity contribution in [3.05, 3.63) is 16.8 Å². The molecule has 0 saturated heterocycles. The van der Waals surface area contributed by atoms with Gasteiger partial charge in [0.2, 0.25) is 0 Å². The third-order valence-electron chi connectivity index (χ3n) is 1.85. The summed E-state index contributed by atoms with van der Waals surface area (Å²) in [6.07, 6.45) is 1.43. The molecule has 0 fully saturated rings. The fraction of sp³-hybridized carbons (Fsp3) is 0.571. The van der Waals surface area contributed by atoms with Gasteiger partial charge in [-0.15, -0.1) is 0 Å². The normalized spacial score (nSPS) is 11.5. The Hall–Kier alpha value is -1.17. The number of nitrogens with two attached hydrogens (primary N) is 1. The molecule has 0 bridgehead atoms. The number of hydrogen-bond acceptors (Lipinski definition) is 3. The smallest absolute Gasteiger partial charge is 0.343 e. The van der Waals surface area contributed by atoms with Crippen LogP contribution in [0.5, 0.6) is 0 Å². The van der Waals surface area contributed by atoms with Gasteiger partial charge in [0.15, 0.2) is 0 Å². The number of nitrogens with zero attached hydrogens (tertiary/aromatic N) is 2. The highest BCUT2D eigenvalue weighted by Gasteiger charge is 2.22. The van der Waals surface area contributed by atoms with Crippen LogP contribution in [0.25, 0.3) is 0 Å². The largest absolute Gasteiger partial charge is 0.393 e. The minimum Gasteiger partial charge on any atom is -0.393 e. The Kier molecular flexibility index (Phi) is 2.51. The Morgan fingerprint density at radius 1 is 1.85 bits per heavy atom. The molecule has 0 amide bonds. The predicted octanol–water partition coefficient (Wildman–Crippen LogP) is -0.116. The van der Waals surface area contributed by atoms with Gasteiger partial charge in [0.1, 0.15) is 6.33 Å². The first-order valence-electron chi connectivity index (χ1n) is 3.83. The molecule has 72 valence electrons. The molecule has 3 N–H and O–H groups in total. The standard InChI is InChI=1S/C7H12N4OS/c1-7(2,5(8)13)3-11-4-9-10-6(11)12/h4H,3H2,1-2H3,(H2,8,13)(H,10,12). The van der Waals surface area contributed by atoms with Crippen LogP contribution in [0.15, 0.2) is 11.1 Å². The van der Waals surface area contributed by atoms with Crippen LogP contribution in [0.4, 0.5) is 0 Å². The molecule has 6 heteroatoms. The van der Waals surface area contributed by atoms with Gasteiger partial charge >= 0.3 is 5.69 Å². The predicted molar refractivity (Wildman–Crippen MR) is 53.4 cm³/mol.